The summed E-state index contributed by atoms with van der Waals surface area (Å²) in [7, 11) is 1.85. The molecular weight excluding hydrogens is 253 g/mol. The van der Waals surface area contributed by atoms with Crippen LogP contribution in [0.2, 0.25) is 0 Å². The van der Waals surface area contributed by atoms with Crippen LogP contribution in [0.25, 0.3) is 0 Å². The van der Waals surface area contributed by atoms with E-state index in [4.69, 9.17) is 0 Å². The van der Waals surface area contributed by atoms with Crippen LogP contribution in [0.15, 0.2) is 30.3 Å². The van der Waals surface area contributed by atoms with Gasteiger partial charge in [0.05, 0.1) is 0 Å². The Kier molecular flexibility index (Phi) is 4.66. The van der Waals surface area contributed by atoms with E-state index in [9.17, 15) is 4.39 Å². The number of rotatable bonds is 5. The van der Waals surface area contributed by atoms with Gasteiger partial charge in [-0.3, -0.25) is 0 Å². The van der Waals surface area contributed by atoms with E-state index in [1.54, 1.807) is 12.1 Å². The molecule has 0 spiro atoms. The van der Waals surface area contributed by atoms with E-state index < -0.39 is 0 Å². The smallest absolute Gasteiger partial charge is 0.135 e. The SMILES string of the molecule is CNc1cc(CC(C)C)nc(Cc2ccc(F)cc2)n1. The average molecular weight is 273 g/mol. The Hall–Kier alpha value is -1.97. The van der Waals surface area contributed by atoms with Gasteiger partial charge in [0.15, 0.2) is 0 Å². The third-order valence-corrected chi connectivity index (χ3v) is 2.97. The van der Waals surface area contributed by atoms with Crippen LogP contribution >= 0.6 is 0 Å². The molecule has 0 atom stereocenters. The minimum Gasteiger partial charge on any atom is -0.373 e. The first-order chi connectivity index (χ1) is 9.56. The molecule has 0 aliphatic carbocycles. The van der Waals surface area contributed by atoms with E-state index in [-0.39, 0.29) is 5.82 Å². The molecule has 0 unspecified atom stereocenters. The highest BCUT2D eigenvalue weighted by molar-refractivity contribution is 5.36. The Morgan fingerprint density at radius 1 is 1.15 bits per heavy atom. The number of benzene rings is 1. The fraction of sp³-hybridized carbons (Fsp3) is 0.375. The predicted octanol–water partition coefficient (Wildman–Crippen LogP) is 3.45. The molecule has 0 fully saturated rings. The molecule has 2 aromatic rings. The second-order valence-corrected chi connectivity index (χ2v) is 5.31. The Bertz CT molecular complexity index is 564. The highest BCUT2D eigenvalue weighted by Gasteiger charge is 2.07. The van der Waals surface area contributed by atoms with Crippen molar-refractivity contribution in [2.24, 2.45) is 5.92 Å². The largest absolute Gasteiger partial charge is 0.373 e. The van der Waals surface area contributed by atoms with Gasteiger partial charge in [-0.05, 0) is 30.0 Å². The van der Waals surface area contributed by atoms with Crippen LogP contribution in [-0.2, 0) is 12.8 Å². The second kappa shape index (κ2) is 6.46. The Labute approximate surface area is 119 Å². The minimum atomic E-state index is -0.223. The summed E-state index contributed by atoms with van der Waals surface area (Å²) < 4.78 is 12.9. The van der Waals surface area contributed by atoms with Gasteiger partial charge < -0.3 is 5.32 Å². The lowest BCUT2D eigenvalue weighted by Crippen LogP contribution is -2.06. The fourth-order valence-electron chi connectivity index (χ4n) is 2.07. The maximum Gasteiger partial charge on any atom is 0.135 e. The standard InChI is InChI=1S/C16H20FN3/c1-11(2)8-14-10-15(18-3)20-16(19-14)9-12-4-6-13(17)7-5-12/h4-7,10-11H,8-9H2,1-3H3,(H,18,19,20). The fourth-order valence-corrected chi connectivity index (χ4v) is 2.07. The van der Waals surface area contributed by atoms with E-state index >= 15 is 0 Å². The first kappa shape index (κ1) is 14.4. The van der Waals surface area contributed by atoms with Crippen LogP contribution in [-0.4, -0.2) is 17.0 Å². The van der Waals surface area contributed by atoms with Crippen molar-refractivity contribution in [3.05, 3.63) is 53.2 Å². The molecule has 0 amide bonds. The highest BCUT2D eigenvalue weighted by Crippen LogP contribution is 2.14. The highest BCUT2D eigenvalue weighted by atomic mass is 19.1. The lowest BCUT2D eigenvalue weighted by atomic mass is 10.1. The summed E-state index contributed by atoms with van der Waals surface area (Å²) in [5.41, 5.74) is 2.05. The molecule has 1 heterocycles. The number of hydrogen-bond donors (Lipinski definition) is 1. The molecule has 20 heavy (non-hydrogen) atoms. The van der Waals surface area contributed by atoms with Gasteiger partial charge in [-0.25, -0.2) is 14.4 Å². The molecule has 0 aliphatic rings. The quantitative estimate of drug-likeness (QED) is 0.906. The number of aromatic nitrogens is 2. The van der Waals surface area contributed by atoms with Gasteiger partial charge in [0, 0.05) is 25.2 Å². The normalized spacial score (nSPS) is 10.8. The summed E-state index contributed by atoms with van der Waals surface area (Å²) in [5.74, 6) is 1.92. The number of hydrogen-bond acceptors (Lipinski definition) is 3. The molecular formula is C16H20FN3. The first-order valence-corrected chi connectivity index (χ1v) is 6.86. The molecule has 0 bridgehead atoms. The summed E-state index contributed by atoms with van der Waals surface area (Å²) in [4.78, 5) is 9.06. The van der Waals surface area contributed by atoms with Gasteiger partial charge in [0.2, 0.25) is 0 Å². The van der Waals surface area contributed by atoms with Crippen molar-refractivity contribution in [1.29, 1.82) is 0 Å². The number of nitrogens with one attached hydrogen (secondary N) is 1. The van der Waals surface area contributed by atoms with Crippen molar-refractivity contribution in [3.8, 4) is 0 Å². The van der Waals surface area contributed by atoms with Crippen molar-refractivity contribution < 1.29 is 4.39 Å². The zero-order chi connectivity index (χ0) is 14.5. The van der Waals surface area contributed by atoms with Crippen molar-refractivity contribution in [2.75, 3.05) is 12.4 Å². The number of halogens is 1. The van der Waals surface area contributed by atoms with E-state index in [0.717, 1.165) is 29.3 Å². The lowest BCUT2D eigenvalue weighted by molar-refractivity contribution is 0.626. The molecule has 0 saturated heterocycles. The minimum absolute atomic E-state index is 0.223. The molecule has 1 aromatic carbocycles. The van der Waals surface area contributed by atoms with E-state index in [1.807, 2.05) is 13.1 Å². The number of anilines is 1. The van der Waals surface area contributed by atoms with E-state index in [1.165, 1.54) is 12.1 Å². The molecule has 4 heteroatoms. The second-order valence-electron chi connectivity index (χ2n) is 5.31. The molecule has 1 aromatic heterocycles. The molecule has 0 aliphatic heterocycles. The van der Waals surface area contributed by atoms with Crippen LogP contribution in [0.3, 0.4) is 0 Å². The third-order valence-electron chi connectivity index (χ3n) is 2.97. The maximum atomic E-state index is 12.9. The molecule has 0 radical (unpaired) electrons. The summed E-state index contributed by atoms with van der Waals surface area (Å²) in [6.45, 7) is 4.33. The maximum absolute atomic E-state index is 12.9. The first-order valence-electron chi connectivity index (χ1n) is 6.86. The summed E-state index contributed by atoms with van der Waals surface area (Å²) in [6.07, 6.45) is 1.54. The van der Waals surface area contributed by atoms with Crippen LogP contribution in [0.5, 0.6) is 0 Å². The monoisotopic (exact) mass is 273 g/mol. The Morgan fingerprint density at radius 3 is 2.45 bits per heavy atom. The van der Waals surface area contributed by atoms with Gasteiger partial charge in [-0.1, -0.05) is 26.0 Å². The predicted molar refractivity (Wildman–Crippen MR) is 79.3 cm³/mol. The van der Waals surface area contributed by atoms with Gasteiger partial charge in [0.1, 0.15) is 17.5 Å². The van der Waals surface area contributed by atoms with Crippen molar-refractivity contribution >= 4 is 5.82 Å². The Morgan fingerprint density at radius 2 is 1.85 bits per heavy atom. The van der Waals surface area contributed by atoms with Crippen molar-refractivity contribution in [2.45, 2.75) is 26.7 Å². The summed E-state index contributed by atoms with van der Waals surface area (Å²) >= 11 is 0. The van der Waals surface area contributed by atoms with E-state index in [2.05, 4.69) is 29.1 Å². The zero-order valence-electron chi connectivity index (χ0n) is 12.2. The molecule has 3 nitrogen and oxygen atoms in total. The van der Waals surface area contributed by atoms with Gasteiger partial charge in [-0.15, -0.1) is 0 Å². The lowest BCUT2D eigenvalue weighted by Gasteiger charge is -2.09. The summed E-state index contributed by atoms with van der Waals surface area (Å²) in [5, 5.41) is 3.06. The third kappa shape index (κ3) is 4.02. The van der Waals surface area contributed by atoms with Gasteiger partial charge in [-0.2, -0.15) is 0 Å². The summed E-state index contributed by atoms with van der Waals surface area (Å²) in [6, 6.07) is 8.45. The average Bonchev–Trinajstić information content (AvgIpc) is 2.40. The Balaban J connectivity index is 2.23. The zero-order valence-corrected chi connectivity index (χ0v) is 12.2. The van der Waals surface area contributed by atoms with Gasteiger partial charge >= 0.3 is 0 Å². The van der Waals surface area contributed by atoms with Crippen LogP contribution in [0.1, 0.15) is 30.9 Å². The van der Waals surface area contributed by atoms with Crippen LogP contribution in [0, 0.1) is 11.7 Å². The molecule has 0 saturated carbocycles. The molecule has 1 N–H and O–H groups in total. The number of nitrogens with zero attached hydrogens (tertiary/aromatic N) is 2. The van der Waals surface area contributed by atoms with Crippen LogP contribution < -0.4 is 5.32 Å². The van der Waals surface area contributed by atoms with Crippen molar-refractivity contribution in [1.82, 2.24) is 9.97 Å². The van der Waals surface area contributed by atoms with Crippen molar-refractivity contribution in [3.63, 3.8) is 0 Å². The molecule has 2 rings (SSSR count). The van der Waals surface area contributed by atoms with E-state index in [0.29, 0.717) is 12.3 Å². The topological polar surface area (TPSA) is 37.8 Å². The van der Waals surface area contributed by atoms with Crippen LogP contribution in [0.4, 0.5) is 10.2 Å². The van der Waals surface area contributed by atoms with Gasteiger partial charge in [0.25, 0.3) is 0 Å². The molecule has 106 valence electrons.